The van der Waals surface area contributed by atoms with Gasteiger partial charge in [0.1, 0.15) is 24.3 Å². The molecule has 0 saturated carbocycles. The highest BCUT2D eigenvalue weighted by atomic mass is 19.1. The van der Waals surface area contributed by atoms with Crippen molar-refractivity contribution in [3.8, 4) is 5.75 Å². The molecule has 0 bridgehead atoms. The van der Waals surface area contributed by atoms with Crippen molar-refractivity contribution in [2.24, 2.45) is 0 Å². The van der Waals surface area contributed by atoms with Gasteiger partial charge in [0, 0.05) is 38.4 Å². The summed E-state index contributed by atoms with van der Waals surface area (Å²) in [6, 6.07) is 16.1. The maximum atomic E-state index is 13.0. The second-order valence-electron chi connectivity index (χ2n) is 6.04. The van der Waals surface area contributed by atoms with Crippen molar-refractivity contribution in [1.29, 1.82) is 0 Å². The predicted octanol–water partition coefficient (Wildman–Crippen LogP) is 2.39. The first-order chi connectivity index (χ1) is 11.7. The monoisotopic (exact) mass is 330 g/mol. The maximum Gasteiger partial charge on any atom is 0.123 e. The predicted molar refractivity (Wildman–Crippen MR) is 93.0 cm³/mol. The van der Waals surface area contributed by atoms with Gasteiger partial charge in [0.2, 0.25) is 0 Å². The van der Waals surface area contributed by atoms with Crippen LogP contribution in [0.3, 0.4) is 0 Å². The van der Waals surface area contributed by atoms with Crippen molar-refractivity contribution in [1.82, 2.24) is 4.90 Å². The van der Waals surface area contributed by atoms with Crippen LogP contribution in [0.5, 0.6) is 5.75 Å². The summed E-state index contributed by atoms with van der Waals surface area (Å²) in [7, 11) is 0. The lowest BCUT2D eigenvalue weighted by atomic mass is 10.2. The smallest absolute Gasteiger partial charge is 0.123 e. The number of ether oxygens (including phenoxy) is 1. The van der Waals surface area contributed by atoms with Gasteiger partial charge in [-0.3, -0.25) is 4.90 Å². The Labute approximate surface area is 142 Å². The molecule has 1 fully saturated rings. The number of rotatable bonds is 6. The van der Waals surface area contributed by atoms with E-state index in [0.717, 1.165) is 37.6 Å². The minimum atomic E-state index is -0.512. The number of aliphatic hydroxyl groups is 1. The highest BCUT2D eigenvalue weighted by Crippen LogP contribution is 2.17. The van der Waals surface area contributed by atoms with Crippen molar-refractivity contribution < 1.29 is 14.2 Å². The number of hydrogen-bond acceptors (Lipinski definition) is 4. The van der Waals surface area contributed by atoms with Gasteiger partial charge in [-0.15, -0.1) is 0 Å². The number of nitrogens with zero attached hydrogens (tertiary/aromatic N) is 2. The van der Waals surface area contributed by atoms with E-state index in [1.807, 2.05) is 42.5 Å². The Morgan fingerprint density at radius 1 is 0.958 bits per heavy atom. The summed E-state index contributed by atoms with van der Waals surface area (Å²) in [5.41, 5.74) is 1.05. The van der Waals surface area contributed by atoms with Gasteiger partial charge >= 0.3 is 0 Å². The summed E-state index contributed by atoms with van der Waals surface area (Å²) in [6.07, 6.45) is -0.512. The van der Waals surface area contributed by atoms with Crippen LogP contribution in [-0.4, -0.2) is 55.4 Å². The molecule has 1 atom stereocenters. The van der Waals surface area contributed by atoms with Crippen LogP contribution in [0.2, 0.25) is 0 Å². The molecule has 1 aliphatic rings. The molecule has 0 aromatic heterocycles. The van der Waals surface area contributed by atoms with Crippen LogP contribution in [0, 0.1) is 5.82 Å². The van der Waals surface area contributed by atoms with Crippen molar-refractivity contribution in [3.63, 3.8) is 0 Å². The minimum absolute atomic E-state index is 0.209. The van der Waals surface area contributed by atoms with Crippen LogP contribution in [0.15, 0.2) is 54.6 Å². The molecule has 1 heterocycles. The molecular formula is C19H23FN2O2. The van der Waals surface area contributed by atoms with Gasteiger partial charge in [-0.1, -0.05) is 18.2 Å². The number of anilines is 1. The van der Waals surface area contributed by atoms with E-state index in [1.54, 1.807) is 0 Å². The average Bonchev–Trinajstić information content (AvgIpc) is 2.62. The van der Waals surface area contributed by atoms with E-state index in [0.29, 0.717) is 13.2 Å². The van der Waals surface area contributed by atoms with Crippen molar-refractivity contribution >= 4 is 5.69 Å². The van der Waals surface area contributed by atoms with Gasteiger partial charge in [0.25, 0.3) is 0 Å². The van der Waals surface area contributed by atoms with Crippen molar-refractivity contribution in [3.05, 3.63) is 60.4 Å². The topological polar surface area (TPSA) is 35.9 Å². The lowest BCUT2D eigenvalue weighted by molar-refractivity contribution is 0.0663. The fourth-order valence-corrected chi connectivity index (χ4v) is 2.90. The summed E-state index contributed by atoms with van der Waals surface area (Å²) in [6.45, 7) is 4.39. The van der Waals surface area contributed by atoms with Gasteiger partial charge in [0.05, 0.1) is 0 Å². The third-order valence-electron chi connectivity index (χ3n) is 4.22. The summed E-state index contributed by atoms with van der Waals surface area (Å²) in [4.78, 5) is 4.47. The number of β-amino-alcohol motifs (C(OH)–C–C–N with tert-alkyl or cyclic N) is 1. The molecule has 3 rings (SSSR count). The summed E-state index contributed by atoms with van der Waals surface area (Å²) >= 11 is 0. The molecule has 0 radical (unpaired) electrons. The number of piperazine rings is 1. The molecule has 1 aliphatic heterocycles. The summed E-state index contributed by atoms with van der Waals surface area (Å²) in [5.74, 6) is 0.566. The lowest BCUT2D eigenvalue weighted by Crippen LogP contribution is -2.49. The third-order valence-corrected chi connectivity index (χ3v) is 4.22. The van der Waals surface area contributed by atoms with E-state index in [4.69, 9.17) is 4.74 Å². The van der Waals surface area contributed by atoms with E-state index >= 15 is 0 Å². The fourth-order valence-electron chi connectivity index (χ4n) is 2.90. The Morgan fingerprint density at radius 3 is 2.29 bits per heavy atom. The molecular weight excluding hydrogens is 307 g/mol. The van der Waals surface area contributed by atoms with Crippen LogP contribution < -0.4 is 9.64 Å². The van der Waals surface area contributed by atoms with Crippen LogP contribution in [0.25, 0.3) is 0 Å². The highest BCUT2D eigenvalue weighted by molar-refractivity contribution is 5.46. The van der Waals surface area contributed by atoms with Gasteiger partial charge in [-0.05, 0) is 36.4 Å². The first-order valence-corrected chi connectivity index (χ1v) is 8.29. The zero-order valence-electron chi connectivity index (χ0n) is 13.6. The Hall–Kier alpha value is -2.11. The molecule has 4 nitrogen and oxygen atoms in total. The Bertz CT molecular complexity index is 613. The number of hydrogen-bond donors (Lipinski definition) is 1. The summed E-state index contributed by atoms with van der Waals surface area (Å²) < 4.78 is 18.6. The van der Waals surface area contributed by atoms with Crippen LogP contribution in [0.1, 0.15) is 0 Å². The molecule has 1 saturated heterocycles. The van der Waals surface area contributed by atoms with E-state index in [9.17, 15) is 9.50 Å². The number of halogens is 1. The zero-order valence-corrected chi connectivity index (χ0v) is 13.6. The Morgan fingerprint density at radius 2 is 1.62 bits per heavy atom. The second-order valence-corrected chi connectivity index (χ2v) is 6.04. The van der Waals surface area contributed by atoms with Crippen molar-refractivity contribution in [2.75, 3.05) is 44.2 Å². The molecule has 2 aromatic carbocycles. The molecule has 0 spiro atoms. The molecule has 0 unspecified atom stereocenters. The first kappa shape index (κ1) is 16.7. The zero-order chi connectivity index (χ0) is 16.8. The highest BCUT2D eigenvalue weighted by Gasteiger charge is 2.19. The quantitative estimate of drug-likeness (QED) is 0.882. The standard InChI is InChI=1S/C19H23FN2O2/c20-16-6-8-17(9-7-16)22-12-10-21(11-13-22)14-18(23)15-24-19-4-2-1-3-5-19/h1-9,18,23H,10-15H2/t18-/m0/s1. The molecule has 1 N–H and O–H groups in total. The lowest BCUT2D eigenvalue weighted by Gasteiger charge is -2.36. The van der Waals surface area contributed by atoms with E-state index in [1.165, 1.54) is 12.1 Å². The molecule has 24 heavy (non-hydrogen) atoms. The number of para-hydroxylation sites is 1. The minimum Gasteiger partial charge on any atom is -0.491 e. The van der Waals surface area contributed by atoms with E-state index in [-0.39, 0.29) is 5.82 Å². The molecule has 5 heteroatoms. The van der Waals surface area contributed by atoms with Crippen molar-refractivity contribution in [2.45, 2.75) is 6.10 Å². The Kier molecular flexibility index (Phi) is 5.67. The van der Waals surface area contributed by atoms with Gasteiger partial charge in [-0.25, -0.2) is 4.39 Å². The fraction of sp³-hybridized carbons (Fsp3) is 0.368. The van der Waals surface area contributed by atoms with Crippen LogP contribution >= 0.6 is 0 Å². The average molecular weight is 330 g/mol. The third kappa shape index (κ3) is 4.69. The normalized spacial score (nSPS) is 16.8. The van der Waals surface area contributed by atoms with Crippen LogP contribution in [0.4, 0.5) is 10.1 Å². The molecule has 128 valence electrons. The SMILES string of the molecule is O[C@H](COc1ccccc1)CN1CCN(c2ccc(F)cc2)CC1. The van der Waals surface area contributed by atoms with Crippen LogP contribution in [-0.2, 0) is 0 Å². The second kappa shape index (κ2) is 8.13. The number of aliphatic hydroxyl groups excluding tert-OH is 1. The molecule has 0 aliphatic carbocycles. The van der Waals surface area contributed by atoms with Gasteiger partial charge in [0.15, 0.2) is 0 Å². The molecule has 2 aromatic rings. The van der Waals surface area contributed by atoms with E-state index < -0.39 is 6.10 Å². The van der Waals surface area contributed by atoms with E-state index in [2.05, 4.69) is 9.80 Å². The largest absolute Gasteiger partial charge is 0.491 e. The molecule has 0 amide bonds. The maximum absolute atomic E-state index is 13.0. The van der Waals surface area contributed by atoms with Gasteiger partial charge < -0.3 is 14.7 Å². The number of benzene rings is 2. The first-order valence-electron chi connectivity index (χ1n) is 8.29. The Balaban J connectivity index is 1.41. The summed E-state index contributed by atoms with van der Waals surface area (Å²) in [5, 5.41) is 10.2. The van der Waals surface area contributed by atoms with Gasteiger partial charge in [-0.2, -0.15) is 0 Å².